The smallest absolute Gasteiger partial charge is 0.310 e. The zero-order valence-electron chi connectivity index (χ0n) is 10.6. The summed E-state index contributed by atoms with van der Waals surface area (Å²) in [4.78, 5) is 10.9. The molecule has 2 aromatic rings. The standard InChI is InChI=1S/C15H12ClFO3/c1-9(15(18)19)10-2-7-14(13(16)8-10)20-12-5-3-11(17)4-6-12/h2-9H,1H3,(H,18,19). The predicted molar refractivity (Wildman–Crippen MR) is 74.0 cm³/mol. The maximum atomic E-state index is 12.8. The molecule has 0 amide bonds. The number of aliphatic carboxylic acids is 1. The minimum Gasteiger partial charge on any atom is -0.481 e. The molecule has 2 aromatic carbocycles. The molecule has 0 spiro atoms. The number of hydrogen-bond acceptors (Lipinski definition) is 2. The van der Waals surface area contributed by atoms with E-state index in [0.717, 1.165) is 0 Å². The Balaban J connectivity index is 2.21. The largest absolute Gasteiger partial charge is 0.481 e. The van der Waals surface area contributed by atoms with Crippen molar-refractivity contribution in [3.05, 3.63) is 58.9 Å². The van der Waals surface area contributed by atoms with Crippen LogP contribution in [-0.2, 0) is 4.79 Å². The van der Waals surface area contributed by atoms with Crippen LogP contribution in [0.5, 0.6) is 11.5 Å². The lowest BCUT2D eigenvalue weighted by atomic mass is 10.0. The third kappa shape index (κ3) is 3.27. The highest BCUT2D eigenvalue weighted by molar-refractivity contribution is 6.32. The highest BCUT2D eigenvalue weighted by Gasteiger charge is 2.15. The highest BCUT2D eigenvalue weighted by Crippen LogP contribution is 2.32. The van der Waals surface area contributed by atoms with Gasteiger partial charge in [-0.15, -0.1) is 0 Å². The molecule has 0 saturated heterocycles. The number of benzene rings is 2. The molecule has 1 N–H and O–H groups in total. The molecule has 0 bridgehead atoms. The van der Waals surface area contributed by atoms with Gasteiger partial charge in [0.15, 0.2) is 0 Å². The zero-order valence-corrected chi connectivity index (χ0v) is 11.4. The van der Waals surface area contributed by atoms with Crippen LogP contribution >= 0.6 is 11.6 Å². The van der Waals surface area contributed by atoms with Crippen LogP contribution in [0.2, 0.25) is 5.02 Å². The molecule has 2 rings (SSSR count). The molecule has 20 heavy (non-hydrogen) atoms. The molecule has 3 nitrogen and oxygen atoms in total. The molecule has 0 saturated carbocycles. The van der Waals surface area contributed by atoms with Gasteiger partial charge in [-0.2, -0.15) is 0 Å². The van der Waals surface area contributed by atoms with E-state index >= 15 is 0 Å². The summed E-state index contributed by atoms with van der Waals surface area (Å²) < 4.78 is 18.3. The van der Waals surface area contributed by atoms with Crippen molar-refractivity contribution in [2.45, 2.75) is 12.8 Å². The molecular weight excluding hydrogens is 283 g/mol. The lowest BCUT2D eigenvalue weighted by Crippen LogP contribution is -2.07. The van der Waals surface area contributed by atoms with E-state index in [2.05, 4.69) is 0 Å². The molecule has 0 aliphatic carbocycles. The quantitative estimate of drug-likeness (QED) is 0.905. The Morgan fingerprint density at radius 2 is 1.90 bits per heavy atom. The number of carboxylic acid groups (broad SMARTS) is 1. The topological polar surface area (TPSA) is 46.5 Å². The van der Waals surface area contributed by atoms with Crippen molar-refractivity contribution < 1.29 is 19.0 Å². The maximum Gasteiger partial charge on any atom is 0.310 e. The van der Waals surface area contributed by atoms with Gasteiger partial charge in [0.05, 0.1) is 10.9 Å². The first-order valence-electron chi connectivity index (χ1n) is 5.93. The molecule has 5 heteroatoms. The van der Waals surface area contributed by atoms with E-state index in [9.17, 15) is 9.18 Å². The molecule has 1 atom stereocenters. The molecule has 0 fully saturated rings. The Morgan fingerprint density at radius 3 is 2.45 bits per heavy atom. The molecule has 0 aliphatic rings. The summed E-state index contributed by atoms with van der Waals surface area (Å²) >= 11 is 6.07. The summed E-state index contributed by atoms with van der Waals surface area (Å²) in [5, 5.41) is 9.25. The minimum atomic E-state index is -0.923. The van der Waals surface area contributed by atoms with E-state index in [1.54, 1.807) is 25.1 Å². The molecule has 0 aromatic heterocycles. The number of carboxylic acids is 1. The maximum absolute atomic E-state index is 12.8. The number of ether oxygens (including phenoxy) is 1. The van der Waals surface area contributed by atoms with E-state index < -0.39 is 11.9 Å². The van der Waals surface area contributed by atoms with Crippen molar-refractivity contribution in [3.63, 3.8) is 0 Å². The van der Waals surface area contributed by atoms with Gasteiger partial charge in [-0.05, 0) is 48.9 Å². The van der Waals surface area contributed by atoms with Crippen LogP contribution in [0.4, 0.5) is 4.39 Å². The third-order valence-electron chi connectivity index (χ3n) is 2.87. The summed E-state index contributed by atoms with van der Waals surface area (Å²) in [6.07, 6.45) is 0. The van der Waals surface area contributed by atoms with Crippen LogP contribution < -0.4 is 4.74 Å². The van der Waals surface area contributed by atoms with Crippen molar-refractivity contribution in [2.75, 3.05) is 0 Å². The first-order chi connectivity index (χ1) is 9.47. The summed E-state index contributed by atoms with van der Waals surface area (Å²) in [6.45, 7) is 1.58. The lowest BCUT2D eigenvalue weighted by Gasteiger charge is -2.11. The second kappa shape index (κ2) is 5.92. The summed E-state index contributed by atoms with van der Waals surface area (Å²) in [5.74, 6) is -1.08. The van der Waals surface area contributed by atoms with Gasteiger partial charge in [-0.1, -0.05) is 17.7 Å². The fourth-order valence-electron chi connectivity index (χ4n) is 1.64. The fourth-order valence-corrected chi connectivity index (χ4v) is 1.87. The average molecular weight is 295 g/mol. The third-order valence-corrected chi connectivity index (χ3v) is 3.16. The van der Waals surface area contributed by atoms with Gasteiger partial charge in [0, 0.05) is 0 Å². The summed E-state index contributed by atoms with van der Waals surface area (Å²) in [6, 6.07) is 10.3. The Morgan fingerprint density at radius 1 is 1.25 bits per heavy atom. The number of rotatable bonds is 4. The normalized spacial score (nSPS) is 11.9. The van der Waals surface area contributed by atoms with Crippen molar-refractivity contribution in [1.82, 2.24) is 0 Å². The zero-order chi connectivity index (χ0) is 14.7. The predicted octanol–water partition coefficient (Wildman–Crippen LogP) is 4.46. The van der Waals surface area contributed by atoms with Crippen LogP contribution in [-0.4, -0.2) is 11.1 Å². The monoisotopic (exact) mass is 294 g/mol. The highest BCUT2D eigenvalue weighted by atomic mass is 35.5. The van der Waals surface area contributed by atoms with E-state index in [1.807, 2.05) is 0 Å². The second-order valence-electron chi connectivity index (χ2n) is 4.31. The number of hydrogen-bond donors (Lipinski definition) is 1. The Kier molecular flexibility index (Phi) is 4.25. The second-order valence-corrected chi connectivity index (χ2v) is 4.71. The first-order valence-corrected chi connectivity index (χ1v) is 6.31. The molecule has 104 valence electrons. The van der Waals surface area contributed by atoms with Gasteiger partial charge in [0.25, 0.3) is 0 Å². The molecule has 0 radical (unpaired) electrons. The van der Waals surface area contributed by atoms with Gasteiger partial charge in [-0.3, -0.25) is 4.79 Å². The number of carbonyl (C=O) groups is 1. The van der Waals surface area contributed by atoms with Crippen LogP contribution in [0.25, 0.3) is 0 Å². The Hall–Kier alpha value is -2.07. The first kappa shape index (κ1) is 14.3. The molecule has 0 heterocycles. The fraction of sp³-hybridized carbons (Fsp3) is 0.133. The van der Waals surface area contributed by atoms with E-state index in [1.165, 1.54) is 24.3 Å². The Bertz CT molecular complexity index is 626. The number of halogens is 2. The van der Waals surface area contributed by atoms with Crippen molar-refractivity contribution in [1.29, 1.82) is 0 Å². The summed E-state index contributed by atoms with van der Waals surface area (Å²) in [5.41, 5.74) is 0.592. The van der Waals surface area contributed by atoms with Crippen LogP contribution in [0.3, 0.4) is 0 Å². The van der Waals surface area contributed by atoms with Gasteiger partial charge in [0.2, 0.25) is 0 Å². The average Bonchev–Trinajstić information content (AvgIpc) is 2.42. The van der Waals surface area contributed by atoms with Gasteiger partial charge >= 0.3 is 5.97 Å². The van der Waals surface area contributed by atoms with Crippen molar-refractivity contribution in [3.8, 4) is 11.5 Å². The van der Waals surface area contributed by atoms with Crippen molar-refractivity contribution >= 4 is 17.6 Å². The van der Waals surface area contributed by atoms with Gasteiger partial charge < -0.3 is 9.84 Å². The molecule has 1 unspecified atom stereocenters. The van der Waals surface area contributed by atoms with E-state index in [0.29, 0.717) is 22.1 Å². The molecular formula is C15H12ClFO3. The molecule has 0 aliphatic heterocycles. The van der Waals surface area contributed by atoms with Crippen LogP contribution in [0, 0.1) is 5.82 Å². The van der Waals surface area contributed by atoms with E-state index in [-0.39, 0.29) is 5.82 Å². The minimum absolute atomic E-state index is 0.305. The Labute approximate surface area is 120 Å². The van der Waals surface area contributed by atoms with Crippen LogP contribution in [0.15, 0.2) is 42.5 Å². The van der Waals surface area contributed by atoms with Crippen molar-refractivity contribution in [2.24, 2.45) is 0 Å². The van der Waals surface area contributed by atoms with Gasteiger partial charge in [-0.25, -0.2) is 4.39 Å². The van der Waals surface area contributed by atoms with E-state index in [4.69, 9.17) is 21.4 Å². The summed E-state index contributed by atoms with van der Waals surface area (Å²) in [7, 11) is 0. The van der Waals surface area contributed by atoms with Crippen LogP contribution in [0.1, 0.15) is 18.4 Å². The SMILES string of the molecule is CC(C(=O)O)c1ccc(Oc2ccc(F)cc2)c(Cl)c1. The lowest BCUT2D eigenvalue weighted by molar-refractivity contribution is -0.138. The van der Waals surface area contributed by atoms with Gasteiger partial charge in [0.1, 0.15) is 17.3 Å².